The summed E-state index contributed by atoms with van der Waals surface area (Å²) in [4.78, 5) is 38.0. The molecule has 5 rings (SSSR count). The second-order valence-corrected chi connectivity index (χ2v) is 7.72. The van der Waals surface area contributed by atoms with Crippen LogP contribution >= 0.6 is 0 Å². The van der Waals surface area contributed by atoms with Crippen LogP contribution in [-0.4, -0.2) is 51.5 Å². The van der Waals surface area contributed by atoms with Crippen LogP contribution in [0.5, 0.6) is 0 Å². The predicted octanol–water partition coefficient (Wildman–Crippen LogP) is 0.401. The Hall–Kier alpha value is -3.20. The third-order valence-corrected chi connectivity index (χ3v) is 5.84. The molecule has 3 amide bonds. The van der Waals surface area contributed by atoms with Gasteiger partial charge in [0.2, 0.25) is 11.8 Å². The molecule has 0 radical (unpaired) electrons. The summed E-state index contributed by atoms with van der Waals surface area (Å²) in [5.41, 5.74) is 2.53. The molecule has 1 aromatic heterocycles. The van der Waals surface area contributed by atoms with Gasteiger partial charge in [0.25, 0.3) is 5.91 Å². The monoisotopic (exact) mass is 394 g/mol. The van der Waals surface area contributed by atoms with Gasteiger partial charge in [0.1, 0.15) is 11.9 Å². The third kappa shape index (κ3) is 3.17. The molecular formula is C20H22N6O3. The van der Waals surface area contributed by atoms with Gasteiger partial charge in [0.15, 0.2) is 0 Å². The Balaban J connectivity index is 1.29. The number of amides is 3. The molecule has 0 bridgehead atoms. The zero-order valence-corrected chi connectivity index (χ0v) is 15.9. The molecule has 0 saturated carbocycles. The van der Waals surface area contributed by atoms with E-state index in [1.54, 1.807) is 11.1 Å². The summed E-state index contributed by atoms with van der Waals surface area (Å²) < 4.78 is 1.99. The zero-order chi connectivity index (χ0) is 20.0. The van der Waals surface area contributed by atoms with Gasteiger partial charge in [0.05, 0.1) is 12.2 Å². The smallest absolute Gasteiger partial charge is 0.255 e. The number of fused-ring (bicyclic) bond motifs is 1. The minimum absolute atomic E-state index is 0.151. The van der Waals surface area contributed by atoms with Crippen LogP contribution in [0.3, 0.4) is 0 Å². The molecular weight excluding hydrogens is 372 g/mol. The second-order valence-electron chi connectivity index (χ2n) is 7.72. The van der Waals surface area contributed by atoms with Gasteiger partial charge in [-0.3, -0.25) is 19.7 Å². The minimum Gasteiger partial charge on any atom is -0.366 e. The van der Waals surface area contributed by atoms with Crippen LogP contribution in [0.1, 0.15) is 40.4 Å². The van der Waals surface area contributed by atoms with Crippen molar-refractivity contribution in [3.05, 3.63) is 47.2 Å². The Morgan fingerprint density at radius 2 is 2.03 bits per heavy atom. The lowest BCUT2D eigenvalue weighted by Gasteiger charge is -2.29. The van der Waals surface area contributed by atoms with Crippen molar-refractivity contribution >= 4 is 23.5 Å². The van der Waals surface area contributed by atoms with Crippen LogP contribution in [0.4, 0.5) is 5.82 Å². The largest absolute Gasteiger partial charge is 0.366 e. The van der Waals surface area contributed by atoms with E-state index >= 15 is 0 Å². The van der Waals surface area contributed by atoms with Crippen molar-refractivity contribution in [2.45, 2.75) is 38.0 Å². The fourth-order valence-corrected chi connectivity index (χ4v) is 4.10. The van der Waals surface area contributed by atoms with Crippen molar-refractivity contribution in [1.82, 2.24) is 25.3 Å². The van der Waals surface area contributed by atoms with Gasteiger partial charge in [-0.15, -0.1) is 0 Å². The number of imide groups is 1. The number of hydrogen-bond donors (Lipinski definition) is 3. The number of carbonyl (C=O) groups excluding carboxylic acids is 3. The summed E-state index contributed by atoms with van der Waals surface area (Å²) in [6.07, 6.45) is 2.42. The molecule has 4 heterocycles. The normalized spacial score (nSPS) is 21.7. The van der Waals surface area contributed by atoms with Gasteiger partial charge in [0, 0.05) is 44.2 Å². The van der Waals surface area contributed by atoms with E-state index in [0.29, 0.717) is 31.1 Å². The highest BCUT2D eigenvalue weighted by atomic mass is 16.2. The van der Waals surface area contributed by atoms with Gasteiger partial charge in [-0.2, -0.15) is 5.10 Å². The molecule has 0 aliphatic carbocycles. The van der Waals surface area contributed by atoms with Gasteiger partial charge in [-0.1, -0.05) is 12.1 Å². The number of nitrogens with zero attached hydrogens (tertiary/aromatic N) is 3. The predicted molar refractivity (Wildman–Crippen MR) is 104 cm³/mol. The van der Waals surface area contributed by atoms with Gasteiger partial charge in [-0.05, 0) is 23.6 Å². The summed E-state index contributed by atoms with van der Waals surface area (Å²) in [5.74, 6) is 0.138. The van der Waals surface area contributed by atoms with E-state index in [0.717, 1.165) is 30.0 Å². The molecule has 1 aromatic carbocycles. The number of nitrogens with one attached hydrogen (secondary N) is 3. The zero-order valence-electron chi connectivity index (χ0n) is 15.9. The Bertz CT molecular complexity index is 996. The summed E-state index contributed by atoms with van der Waals surface area (Å²) >= 11 is 0. The number of anilines is 1. The Kier molecular flexibility index (Phi) is 4.31. The van der Waals surface area contributed by atoms with Crippen molar-refractivity contribution in [2.75, 3.05) is 18.4 Å². The van der Waals surface area contributed by atoms with Crippen molar-refractivity contribution in [2.24, 2.45) is 0 Å². The lowest BCUT2D eigenvalue weighted by atomic mass is 10.0. The van der Waals surface area contributed by atoms with E-state index in [-0.39, 0.29) is 24.1 Å². The standard InChI is InChI=1S/C20H22N6O3/c27-18-4-3-16(19(28)24-18)25-11-13-2-1-12(7-15(13)20(25)29)8-22-17-5-6-23-26(17)14-9-21-10-14/h1-2,5-7,14,16,21-22H,3-4,8-11H2,(H,24,27,28). The molecule has 1 atom stereocenters. The maximum Gasteiger partial charge on any atom is 0.255 e. The molecule has 9 nitrogen and oxygen atoms in total. The van der Waals surface area contributed by atoms with Crippen molar-refractivity contribution < 1.29 is 14.4 Å². The van der Waals surface area contributed by atoms with Gasteiger partial charge < -0.3 is 15.5 Å². The van der Waals surface area contributed by atoms with Crippen molar-refractivity contribution in [3.63, 3.8) is 0 Å². The highest BCUT2D eigenvalue weighted by Crippen LogP contribution is 2.28. The van der Waals surface area contributed by atoms with Gasteiger partial charge >= 0.3 is 0 Å². The van der Waals surface area contributed by atoms with Crippen molar-refractivity contribution in [1.29, 1.82) is 0 Å². The van der Waals surface area contributed by atoms with Crippen LogP contribution in [0, 0.1) is 0 Å². The molecule has 3 N–H and O–H groups in total. The SMILES string of the molecule is O=C1CCC(N2Cc3ccc(CNc4ccnn4C4CNC4)cc3C2=O)C(=O)N1. The van der Waals surface area contributed by atoms with Crippen LogP contribution < -0.4 is 16.0 Å². The number of piperidine rings is 1. The van der Waals surface area contributed by atoms with E-state index in [9.17, 15) is 14.4 Å². The third-order valence-electron chi connectivity index (χ3n) is 5.84. The van der Waals surface area contributed by atoms with E-state index in [4.69, 9.17) is 0 Å². The topological polar surface area (TPSA) is 108 Å². The molecule has 0 spiro atoms. The highest BCUT2D eigenvalue weighted by Gasteiger charge is 2.39. The number of aromatic nitrogens is 2. The summed E-state index contributed by atoms with van der Waals surface area (Å²) in [5, 5.41) is 13.4. The van der Waals surface area contributed by atoms with E-state index < -0.39 is 6.04 Å². The van der Waals surface area contributed by atoms with Crippen LogP contribution in [0.25, 0.3) is 0 Å². The number of hydrogen-bond acceptors (Lipinski definition) is 6. The first kappa shape index (κ1) is 17.9. The van der Waals surface area contributed by atoms with E-state index in [2.05, 4.69) is 21.0 Å². The van der Waals surface area contributed by atoms with Crippen LogP contribution in [0.15, 0.2) is 30.5 Å². The number of benzene rings is 1. The lowest BCUT2D eigenvalue weighted by Crippen LogP contribution is -2.52. The first-order valence-corrected chi connectivity index (χ1v) is 9.85. The average molecular weight is 394 g/mol. The fourth-order valence-electron chi connectivity index (χ4n) is 4.10. The molecule has 2 aromatic rings. The first-order chi connectivity index (χ1) is 14.1. The molecule has 2 fully saturated rings. The molecule has 3 aliphatic rings. The quantitative estimate of drug-likeness (QED) is 0.634. The molecule has 1 unspecified atom stereocenters. The maximum atomic E-state index is 12.9. The van der Waals surface area contributed by atoms with E-state index in [1.807, 2.05) is 28.9 Å². The van der Waals surface area contributed by atoms with Crippen LogP contribution in [-0.2, 0) is 22.7 Å². The Labute approximate surface area is 167 Å². The van der Waals surface area contributed by atoms with Crippen molar-refractivity contribution in [3.8, 4) is 0 Å². The Morgan fingerprint density at radius 3 is 2.79 bits per heavy atom. The number of carbonyl (C=O) groups is 3. The molecule has 150 valence electrons. The summed E-state index contributed by atoms with van der Waals surface area (Å²) in [6, 6.07) is 7.57. The first-order valence-electron chi connectivity index (χ1n) is 9.85. The van der Waals surface area contributed by atoms with E-state index in [1.165, 1.54) is 0 Å². The summed E-state index contributed by atoms with van der Waals surface area (Å²) in [6.45, 7) is 2.81. The summed E-state index contributed by atoms with van der Waals surface area (Å²) in [7, 11) is 0. The minimum atomic E-state index is -0.584. The number of rotatable bonds is 5. The lowest BCUT2D eigenvalue weighted by molar-refractivity contribution is -0.136. The fraction of sp³-hybridized carbons (Fsp3) is 0.400. The molecule has 29 heavy (non-hydrogen) atoms. The van der Waals surface area contributed by atoms with Gasteiger partial charge in [-0.25, -0.2) is 4.68 Å². The molecule has 3 aliphatic heterocycles. The average Bonchev–Trinajstić information content (AvgIpc) is 3.24. The highest BCUT2D eigenvalue weighted by molar-refractivity contribution is 6.05. The molecule has 2 saturated heterocycles. The van der Waals surface area contributed by atoms with Crippen LogP contribution in [0.2, 0.25) is 0 Å². The molecule has 9 heteroatoms. The Morgan fingerprint density at radius 1 is 1.17 bits per heavy atom. The maximum absolute atomic E-state index is 12.9. The second kappa shape index (κ2) is 7.00.